The van der Waals surface area contributed by atoms with Gasteiger partial charge < -0.3 is 24.2 Å². The first-order valence-electron chi connectivity index (χ1n) is 13.4. The molecule has 36 heavy (non-hydrogen) atoms. The van der Waals surface area contributed by atoms with Gasteiger partial charge in [0.05, 0.1) is 24.0 Å². The number of aromatic nitrogens is 1. The minimum absolute atomic E-state index is 0.0601. The number of anilines is 2. The van der Waals surface area contributed by atoms with Crippen molar-refractivity contribution in [1.29, 1.82) is 0 Å². The number of carbonyl (C=O) groups is 1. The molecular formula is C28H35FN4O3. The molecule has 3 saturated heterocycles. The molecule has 1 saturated carbocycles. The summed E-state index contributed by atoms with van der Waals surface area (Å²) >= 11 is 0. The first-order valence-corrected chi connectivity index (χ1v) is 13.4. The number of halogens is 1. The predicted octanol–water partition coefficient (Wildman–Crippen LogP) is 4.02. The third-order valence-electron chi connectivity index (χ3n) is 8.50. The van der Waals surface area contributed by atoms with Crippen LogP contribution in [0.4, 0.5) is 15.8 Å². The lowest BCUT2D eigenvalue weighted by atomic mass is 9.89. The molecule has 8 heteroatoms. The van der Waals surface area contributed by atoms with E-state index in [0.29, 0.717) is 12.4 Å². The number of morpholine rings is 1. The van der Waals surface area contributed by atoms with Crippen LogP contribution in [0.25, 0.3) is 0 Å². The van der Waals surface area contributed by atoms with Crippen molar-refractivity contribution in [3.8, 4) is 5.88 Å². The van der Waals surface area contributed by atoms with Crippen molar-refractivity contribution in [2.75, 3.05) is 49.1 Å². The minimum atomic E-state index is -0.371. The Kier molecular flexibility index (Phi) is 6.56. The summed E-state index contributed by atoms with van der Waals surface area (Å²) in [6.45, 7) is 4.48. The monoisotopic (exact) mass is 494 g/mol. The number of nitrogens with zero attached hydrogens (tertiary/aromatic N) is 4. The number of piperidine rings is 2. The Hall–Kier alpha value is -2.71. The lowest BCUT2D eigenvalue weighted by molar-refractivity contribution is -0.141. The highest BCUT2D eigenvalue weighted by atomic mass is 19.1. The van der Waals surface area contributed by atoms with E-state index < -0.39 is 0 Å². The molecule has 4 aliphatic rings. The highest BCUT2D eigenvalue weighted by Gasteiger charge is 2.43. The Morgan fingerprint density at radius 2 is 1.67 bits per heavy atom. The van der Waals surface area contributed by atoms with Crippen LogP contribution in [0.1, 0.15) is 44.9 Å². The number of ether oxygens (including phenoxy) is 2. The van der Waals surface area contributed by atoms with Gasteiger partial charge >= 0.3 is 0 Å². The van der Waals surface area contributed by atoms with Gasteiger partial charge in [0.1, 0.15) is 18.5 Å². The second-order valence-corrected chi connectivity index (χ2v) is 10.7. The van der Waals surface area contributed by atoms with Crippen molar-refractivity contribution < 1.29 is 18.7 Å². The Bertz CT molecular complexity index is 1040. The van der Waals surface area contributed by atoms with Gasteiger partial charge in [0.25, 0.3) is 5.91 Å². The summed E-state index contributed by atoms with van der Waals surface area (Å²) in [7, 11) is 0. The van der Waals surface area contributed by atoms with Gasteiger partial charge in [-0.2, -0.15) is 0 Å². The summed E-state index contributed by atoms with van der Waals surface area (Å²) in [5, 5.41) is 0. The van der Waals surface area contributed by atoms with E-state index in [1.165, 1.54) is 31.4 Å². The van der Waals surface area contributed by atoms with E-state index >= 15 is 0 Å². The molecule has 2 aromatic rings. The largest absolute Gasteiger partial charge is 0.474 e. The molecule has 1 aromatic heterocycles. The summed E-state index contributed by atoms with van der Waals surface area (Å²) in [5.74, 6) is 0.323. The zero-order valence-corrected chi connectivity index (χ0v) is 20.8. The predicted molar refractivity (Wildman–Crippen MR) is 136 cm³/mol. The number of benzene rings is 1. The van der Waals surface area contributed by atoms with E-state index in [1.54, 1.807) is 17.0 Å². The number of pyridine rings is 1. The average molecular weight is 495 g/mol. The Morgan fingerprint density at radius 1 is 0.944 bits per heavy atom. The smallest absolute Gasteiger partial charge is 0.253 e. The van der Waals surface area contributed by atoms with E-state index in [0.717, 1.165) is 69.3 Å². The molecule has 3 aliphatic heterocycles. The van der Waals surface area contributed by atoms with Gasteiger partial charge in [0.2, 0.25) is 5.88 Å². The maximum atomic E-state index is 13.4. The molecule has 7 nitrogen and oxygen atoms in total. The van der Waals surface area contributed by atoms with Crippen LogP contribution >= 0.6 is 0 Å². The molecule has 1 spiro atoms. The molecule has 1 aliphatic carbocycles. The van der Waals surface area contributed by atoms with Crippen molar-refractivity contribution in [3.63, 3.8) is 0 Å². The number of rotatable bonds is 5. The third-order valence-corrected chi connectivity index (χ3v) is 8.50. The van der Waals surface area contributed by atoms with Crippen LogP contribution in [0.2, 0.25) is 0 Å². The number of hydrogen-bond donors (Lipinski definition) is 0. The maximum Gasteiger partial charge on any atom is 0.253 e. The third kappa shape index (κ3) is 4.93. The Labute approximate surface area is 212 Å². The maximum absolute atomic E-state index is 13.4. The van der Waals surface area contributed by atoms with Gasteiger partial charge in [-0.3, -0.25) is 4.79 Å². The molecule has 0 atom stereocenters. The minimum Gasteiger partial charge on any atom is -0.474 e. The van der Waals surface area contributed by atoms with E-state index in [9.17, 15) is 9.18 Å². The fourth-order valence-electron chi connectivity index (χ4n) is 5.96. The van der Waals surface area contributed by atoms with Crippen LogP contribution < -0.4 is 14.5 Å². The van der Waals surface area contributed by atoms with Crippen molar-refractivity contribution in [1.82, 2.24) is 9.88 Å². The summed E-state index contributed by atoms with van der Waals surface area (Å²) in [6.07, 6.45) is 10.1. The quantitative estimate of drug-likeness (QED) is 0.626. The summed E-state index contributed by atoms with van der Waals surface area (Å²) < 4.78 is 25.6. The number of hydrogen-bond acceptors (Lipinski definition) is 6. The fraction of sp³-hybridized carbons (Fsp3) is 0.571. The molecule has 1 aromatic carbocycles. The van der Waals surface area contributed by atoms with Crippen LogP contribution in [0.15, 0.2) is 42.6 Å². The zero-order chi connectivity index (χ0) is 24.5. The second kappa shape index (κ2) is 9.98. The van der Waals surface area contributed by atoms with E-state index in [2.05, 4.69) is 20.9 Å². The topological polar surface area (TPSA) is 58.1 Å². The highest BCUT2D eigenvalue weighted by molar-refractivity contribution is 5.95. The Balaban J connectivity index is 1.02. The second-order valence-electron chi connectivity index (χ2n) is 10.7. The lowest BCUT2D eigenvalue weighted by Crippen LogP contribution is -2.59. The van der Waals surface area contributed by atoms with Crippen molar-refractivity contribution >= 4 is 17.3 Å². The van der Waals surface area contributed by atoms with Crippen molar-refractivity contribution in [3.05, 3.63) is 48.4 Å². The van der Waals surface area contributed by atoms with E-state index in [1.807, 2.05) is 12.3 Å². The van der Waals surface area contributed by atoms with Crippen LogP contribution in [-0.4, -0.2) is 72.9 Å². The molecule has 0 N–H and O–H groups in total. The highest BCUT2D eigenvalue weighted by Crippen LogP contribution is 2.35. The van der Waals surface area contributed by atoms with Crippen LogP contribution in [0.5, 0.6) is 5.88 Å². The molecule has 1 amide bonds. The molecule has 6 rings (SSSR count). The van der Waals surface area contributed by atoms with Crippen LogP contribution in [0.3, 0.4) is 0 Å². The first kappa shape index (κ1) is 23.7. The van der Waals surface area contributed by atoms with Gasteiger partial charge in [-0.25, -0.2) is 9.37 Å². The normalized spacial score (nSPS) is 23.6. The first-order chi connectivity index (χ1) is 17.6. The van der Waals surface area contributed by atoms with Gasteiger partial charge in [-0.05, 0) is 68.9 Å². The molecular weight excluding hydrogens is 459 g/mol. The lowest BCUT2D eigenvalue weighted by Gasteiger charge is -2.47. The van der Waals surface area contributed by atoms with Crippen LogP contribution in [0, 0.1) is 5.82 Å². The van der Waals surface area contributed by atoms with Crippen molar-refractivity contribution in [2.45, 2.75) is 62.7 Å². The summed E-state index contributed by atoms with van der Waals surface area (Å²) in [5.41, 5.74) is 1.43. The van der Waals surface area contributed by atoms with Crippen LogP contribution in [-0.2, 0) is 9.53 Å². The van der Waals surface area contributed by atoms with Gasteiger partial charge in [-0.1, -0.05) is 6.42 Å². The molecule has 192 valence electrons. The fourth-order valence-corrected chi connectivity index (χ4v) is 5.96. The number of amides is 1. The molecule has 0 radical (unpaired) electrons. The molecule has 4 fully saturated rings. The van der Waals surface area contributed by atoms with Gasteiger partial charge in [-0.15, -0.1) is 0 Å². The standard InChI is InChI=1S/C28H35FN4O3/c29-21-4-6-23(7-5-21)33-20-28(35-19-27(33)34)12-16-32(17-13-28)24-8-9-26(30-18-24)36-25-10-14-31(15-11-25)22-2-1-3-22/h4-9,18,22,25H,1-3,10-17,19-20H2. The summed E-state index contributed by atoms with van der Waals surface area (Å²) in [6, 6.07) is 11.0. The number of likely N-dealkylation sites (tertiary alicyclic amines) is 1. The molecule has 0 unspecified atom stereocenters. The Morgan fingerprint density at radius 3 is 2.31 bits per heavy atom. The molecule has 4 heterocycles. The zero-order valence-electron chi connectivity index (χ0n) is 20.8. The summed E-state index contributed by atoms with van der Waals surface area (Å²) in [4.78, 5) is 23.8. The van der Waals surface area contributed by atoms with Gasteiger partial charge in [0.15, 0.2) is 0 Å². The average Bonchev–Trinajstić information content (AvgIpc) is 2.87. The number of carbonyl (C=O) groups excluding carboxylic acids is 1. The van der Waals surface area contributed by atoms with E-state index in [4.69, 9.17) is 9.47 Å². The van der Waals surface area contributed by atoms with Gasteiger partial charge in [0, 0.05) is 44.0 Å². The van der Waals surface area contributed by atoms with Crippen molar-refractivity contribution in [2.24, 2.45) is 0 Å². The molecule has 0 bridgehead atoms. The SMILES string of the molecule is O=C1COC2(CCN(c3ccc(OC4CCN(C5CCC5)CC4)nc3)CC2)CN1c1ccc(F)cc1. The van der Waals surface area contributed by atoms with E-state index in [-0.39, 0.29) is 30.0 Å².